The Morgan fingerprint density at radius 3 is 2.67 bits per heavy atom. The normalized spacial score (nSPS) is 24.7. The Hall–Kier alpha value is -0.590. The molecule has 0 bridgehead atoms. The number of hydrogen-bond donors (Lipinski definition) is 1. The van der Waals surface area contributed by atoms with Crippen LogP contribution in [-0.2, 0) is 4.74 Å². The maximum Gasteiger partial charge on any atom is 0.0628 e. The van der Waals surface area contributed by atoms with Crippen molar-refractivity contribution in [2.24, 2.45) is 11.3 Å². The summed E-state index contributed by atoms with van der Waals surface area (Å²) in [4.78, 5) is 0. The minimum absolute atomic E-state index is 0.252. The zero-order valence-electron chi connectivity index (χ0n) is 9.30. The molecule has 0 amide bonds. The highest BCUT2D eigenvalue weighted by molar-refractivity contribution is 4.99. The van der Waals surface area contributed by atoms with Gasteiger partial charge in [-0.1, -0.05) is 0 Å². The summed E-state index contributed by atoms with van der Waals surface area (Å²) in [6.07, 6.45) is 5.54. The first kappa shape index (κ1) is 10.9. The van der Waals surface area contributed by atoms with Crippen molar-refractivity contribution in [3.8, 4) is 6.07 Å². The molecule has 1 N–H and O–H groups in total. The first-order valence-corrected chi connectivity index (χ1v) is 6.00. The highest BCUT2D eigenvalue weighted by Gasteiger charge is 2.42. The molecule has 1 saturated carbocycles. The molecule has 0 aromatic carbocycles. The van der Waals surface area contributed by atoms with Gasteiger partial charge in [-0.05, 0) is 44.7 Å². The molecule has 0 atom stereocenters. The lowest BCUT2D eigenvalue weighted by atomic mass is 9.99. The van der Waals surface area contributed by atoms with Crippen LogP contribution in [-0.4, -0.2) is 26.3 Å². The maximum atomic E-state index is 8.68. The van der Waals surface area contributed by atoms with Crippen LogP contribution < -0.4 is 5.32 Å². The van der Waals surface area contributed by atoms with Crippen molar-refractivity contribution in [3.63, 3.8) is 0 Å². The van der Waals surface area contributed by atoms with Crippen LogP contribution in [0, 0.1) is 22.7 Å². The second kappa shape index (κ2) is 4.96. The van der Waals surface area contributed by atoms with Crippen LogP contribution in [0.3, 0.4) is 0 Å². The number of nitrogens with one attached hydrogen (secondary N) is 1. The Bertz CT molecular complexity index is 236. The number of ether oxygens (including phenoxy) is 1. The largest absolute Gasteiger partial charge is 0.381 e. The molecular formula is C12H20N2O. The van der Waals surface area contributed by atoms with Crippen LogP contribution in [0.1, 0.15) is 32.1 Å². The molecule has 0 aromatic heterocycles. The van der Waals surface area contributed by atoms with Crippen molar-refractivity contribution in [2.75, 3.05) is 26.3 Å². The summed E-state index contributed by atoms with van der Waals surface area (Å²) in [5, 5.41) is 12.0. The molecule has 2 aliphatic rings. The average Bonchev–Trinajstić information content (AvgIpc) is 3.00. The van der Waals surface area contributed by atoms with Crippen molar-refractivity contribution in [3.05, 3.63) is 0 Å². The van der Waals surface area contributed by atoms with Crippen LogP contribution in [0.2, 0.25) is 0 Å². The smallest absolute Gasteiger partial charge is 0.0628 e. The second-order valence-electron chi connectivity index (χ2n) is 5.04. The van der Waals surface area contributed by atoms with E-state index in [2.05, 4.69) is 11.4 Å². The predicted molar refractivity (Wildman–Crippen MR) is 58.3 cm³/mol. The Labute approximate surface area is 91.8 Å². The van der Waals surface area contributed by atoms with E-state index >= 15 is 0 Å². The fourth-order valence-corrected chi connectivity index (χ4v) is 2.21. The van der Waals surface area contributed by atoms with E-state index in [4.69, 9.17) is 10.00 Å². The highest BCUT2D eigenvalue weighted by atomic mass is 16.5. The SMILES string of the molecule is N#CCC1(COCC2CCNCC2)CC1. The first-order valence-electron chi connectivity index (χ1n) is 6.00. The highest BCUT2D eigenvalue weighted by Crippen LogP contribution is 2.48. The summed E-state index contributed by atoms with van der Waals surface area (Å²) < 4.78 is 5.77. The Morgan fingerprint density at radius 1 is 1.33 bits per heavy atom. The third-order valence-corrected chi connectivity index (χ3v) is 3.63. The van der Waals surface area contributed by atoms with Crippen molar-refractivity contribution < 1.29 is 4.74 Å². The number of rotatable bonds is 5. The lowest BCUT2D eigenvalue weighted by Crippen LogP contribution is -2.30. The van der Waals surface area contributed by atoms with Gasteiger partial charge in [0.2, 0.25) is 0 Å². The van der Waals surface area contributed by atoms with Crippen molar-refractivity contribution in [1.29, 1.82) is 5.26 Å². The zero-order chi connectivity index (χ0) is 10.6. The molecule has 84 valence electrons. The third-order valence-electron chi connectivity index (χ3n) is 3.63. The summed E-state index contributed by atoms with van der Waals surface area (Å²) in [7, 11) is 0. The summed E-state index contributed by atoms with van der Waals surface area (Å²) in [6, 6.07) is 2.27. The van der Waals surface area contributed by atoms with Gasteiger partial charge in [0.1, 0.15) is 0 Å². The molecule has 2 rings (SSSR count). The van der Waals surface area contributed by atoms with Gasteiger partial charge in [-0.2, -0.15) is 5.26 Å². The molecule has 0 aromatic rings. The maximum absolute atomic E-state index is 8.68. The molecule has 3 heteroatoms. The number of nitriles is 1. The van der Waals surface area contributed by atoms with E-state index in [1.54, 1.807) is 0 Å². The molecule has 0 radical (unpaired) electrons. The molecule has 3 nitrogen and oxygen atoms in total. The summed E-state index contributed by atoms with van der Waals surface area (Å²) in [5.74, 6) is 0.740. The fraction of sp³-hybridized carbons (Fsp3) is 0.917. The van der Waals surface area contributed by atoms with Crippen LogP contribution in [0.25, 0.3) is 0 Å². The number of piperidine rings is 1. The minimum atomic E-state index is 0.252. The Kier molecular flexibility index (Phi) is 3.61. The van der Waals surface area contributed by atoms with Crippen molar-refractivity contribution >= 4 is 0 Å². The molecule has 1 aliphatic carbocycles. The first-order chi connectivity index (χ1) is 7.35. The third kappa shape index (κ3) is 3.19. The minimum Gasteiger partial charge on any atom is -0.381 e. The quantitative estimate of drug-likeness (QED) is 0.748. The monoisotopic (exact) mass is 208 g/mol. The van der Waals surface area contributed by atoms with Gasteiger partial charge in [0.15, 0.2) is 0 Å². The number of nitrogens with zero attached hydrogens (tertiary/aromatic N) is 1. The molecule has 0 spiro atoms. The van der Waals surface area contributed by atoms with Gasteiger partial charge in [-0.15, -0.1) is 0 Å². The van der Waals surface area contributed by atoms with E-state index in [9.17, 15) is 0 Å². The second-order valence-corrected chi connectivity index (χ2v) is 5.04. The van der Waals surface area contributed by atoms with E-state index in [1.807, 2.05) is 0 Å². The lowest BCUT2D eigenvalue weighted by Gasteiger charge is -2.23. The van der Waals surface area contributed by atoms with E-state index < -0.39 is 0 Å². The fourth-order valence-electron chi connectivity index (χ4n) is 2.21. The Morgan fingerprint density at radius 2 is 2.07 bits per heavy atom. The van der Waals surface area contributed by atoms with Crippen LogP contribution in [0.4, 0.5) is 0 Å². The topological polar surface area (TPSA) is 45.0 Å². The van der Waals surface area contributed by atoms with E-state index in [0.717, 1.165) is 32.2 Å². The van der Waals surface area contributed by atoms with E-state index in [-0.39, 0.29) is 5.41 Å². The van der Waals surface area contributed by atoms with E-state index in [1.165, 1.54) is 25.7 Å². The van der Waals surface area contributed by atoms with E-state index in [0.29, 0.717) is 6.42 Å². The molecular weight excluding hydrogens is 188 g/mol. The standard InChI is InChI=1S/C12H20N2O/c13-6-5-12(3-4-12)10-15-9-11-1-7-14-8-2-11/h11,14H,1-5,7-10H2. The summed E-state index contributed by atoms with van der Waals surface area (Å²) in [6.45, 7) is 3.98. The van der Waals surface area contributed by atoms with Crippen LogP contribution in [0.5, 0.6) is 0 Å². The van der Waals surface area contributed by atoms with Crippen molar-refractivity contribution in [1.82, 2.24) is 5.32 Å². The van der Waals surface area contributed by atoms with Gasteiger partial charge < -0.3 is 10.1 Å². The van der Waals surface area contributed by atoms with Crippen LogP contribution >= 0.6 is 0 Å². The van der Waals surface area contributed by atoms with Gasteiger partial charge in [-0.25, -0.2) is 0 Å². The summed E-state index contributed by atoms with van der Waals surface area (Å²) >= 11 is 0. The molecule has 1 heterocycles. The van der Waals surface area contributed by atoms with Crippen molar-refractivity contribution in [2.45, 2.75) is 32.1 Å². The lowest BCUT2D eigenvalue weighted by molar-refractivity contribution is 0.0562. The molecule has 1 saturated heterocycles. The molecule has 2 fully saturated rings. The van der Waals surface area contributed by atoms with Crippen LogP contribution in [0.15, 0.2) is 0 Å². The summed E-state index contributed by atoms with van der Waals surface area (Å²) in [5.41, 5.74) is 0.252. The molecule has 1 aliphatic heterocycles. The Balaban J connectivity index is 1.60. The number of hydrogen-bond acceptors (Lipinski definition) is 3. The van der Waals surface area contributed by atoms with Gasteiger partial charge in [0.25, 0.3) is 0 Å². The van der Waals surface area contributed by atoms with Gasteiger partial charge >= 0.3 is 0 Å². The predicted octanol–water partition coefficient (Wildman–Crippen LogP) is 1.70. The average molecular weight is 208 g/mol. The zero-order valence-corrected chi connectivity index (χ0v) is 9.30. The van der Waals surface area contributed by atoms with Gasteiger partial charge in [0.05, 0.1) is 12.7 Å². The van der Waals surface area contributed by atoms with Gasteiger partial charge in [0, 0.05) is 18.4 Å². The van der Waals surface area contributed by atoms with Gasteiger partial charge in [-0.3, -0.25) is 0 Å². The molecule has 0 unspecified atom stereocenters. The molecule has 15 heavy (non-hydrogen) atoms.